The summed E-state index contributed by atoms with van der Waals surface area (Å²) in [4.78, 5) is 11.9. The molecule has 104 valence electrons. The number of anilines is 1. The van der Waals surface area contributed by atoms with Crippen molar-refractivity contribution < 1.29 is 13.6 Å². The largest absolute Gasteiger partial charge is 0.324 e. The summed E-state index contributed by atoms with van der Waals surface area (Å²) < 4.78 is 26.9. The number of amides is 1. The molecule has 0 saturated heterocycles. The van der Waals surface area contributed by atoms with E-state index in [1.807, 2.05) is 6.92 Å². The molecule has 2 aromatic rings. The molecule has 2 rings (SSSR count). The van der Waals surface area contributed by atoms with Crippen LogP contribution >= 0.6 is 0 Å². The van der Waals surface area contributed by atoms with Crippen LogP contribution in [0.1, 0.15) is 28.9 Å². The van der Waals surface area contributed by atoms with E-state index in [0.29, 0.717) is 5.69 Å². The van der Waals surface area contributed by atoms with E-state index >= 15 is 0 Å². The molecule has 0 radical (unpaired) electrons. The van der Waals surface area contributed by atoms with Gasteiger partial charge in [-0.2, -0.15) is 0 Å². The lowest BCUT2D eigenvalue weighted by molar-refractivity contribution is 0.101. The average molecular weight is 276 g/mol. The van der Waals surface area contributed by atoms with Crippen LogP contribution in [0.5, 0.6) is 0 Å². The summed E-state index contributed by atoms with van der Waals surface area (Å²) in [5.41, 5.74) is 6.46. The highest BCUT2D eigenvalue weighted by Gasteiger charge is 2.16. The summed E-state index contributed by atoms with van der Waals surface area (Å²) >= 11 is 0. The van der Waals surface area contributed by atoms with Gasteiger partial charge in [-0.05, 0) is 36.8 Å². The fourth-order valence-corrected chi connectivity index (χ4v) is 1.78. The second-order valence-electron chi connectivity index (χ2n) is 4.46. The van der Waals surface area contributed by atoms with Crippen LogP contribution in [0.25, 0.3) is 0 Å². The van der Waals surface area contributed by atoms with Gasteiger partial charge >= 0.3 is 0 Å². The number of nitrogens with one attached hydrogen (secondary N) is 1. The molecule has 1 amide bonds. The van der Waals surface area contributed by atoms with Gasteiger partial charge in [0, 0.05) is 11.7 Å². The molecule has 3 N–H and O–H groups in total. The van der Waals surface area contributed by atoms with Crippen LogP contribution in [-0.2, 0) is 0 Å². The zero-order valence-corrected chi connectivity index (χ0v) is 10.9. The van der Waals surface area contributed by atoms with Crippen molar-refractivity contribution >= 4 is 11.6 Å². The Balaban J connectivity index is 2.19. The van der Waals surface area contributed by atoms with Gasteiger partial charge in [-0.3, -0.25) is 4.79 Å². The minimum atomic E-state index is -0.894. The van der Waals surface area contributed by atoms with E-state index < -0.39 is 23.1 Å². The first-order chi connectivity index (χ1) is 9.49. The first kappa shape index (κ1) is 14.1. The predicted octanol–water partition coefficient (Wildman–Crippen LogP) is 3.24. The Morgan fingerprint density at radius 2 is 1.65 bits per heavy atom. The van der Waals surface area contributed by atoms with Gasteiger partial charge in [0.2, 0.25) is 0 Å². The molecular formula is C15H14F2N2O. The van der Waals surface area contributed by atoms with Crippen molar-refractivity contribution in [1.29, 1.82) is 0 Å². The van der Waals surface area contributed by atoms with Crippen LogP contribution in [0.4, 0.5) is 14.5 Å². The van der Waals surface area contributed by atoms with Crippen molar-refractivity contribution in [2.45, 2.75) is 13.0 Å². The summed E-state index contributed by atoms with van der Waals surface area (Å²) in [7, 11) is 0. The zero-order valence-electron chi connectivity index (χ0n) is 10.9. The van der Waals surface area contributed by atoms with Crippen molar-refractivity contribution in [2.75, 3.05) is 5.32 Å². The second-order valence-corrected chi connectivity index (χ2v) is 4.46. The Bertz CT molecular complexity index is 604. The molecule has 1 unspecified atom stereocenters. The van der Waals surface area contributed by atoms with Crippen molar-refractivity contribution in [3.8, 4) is 0 Å². The minimum Gasteiger partial charge on any atom is -0.324 e. The lowest BCUT2D eigenvalue weighted by Gasteiger charge is -2.09. The van der Waals surface area contributed by atoms with Gasteiger partial charge in [-0.15, -0.1) is 0 Å². The lowest BCUT2D eigenvalue weighted by Crippen LogP contribution is -2.16. The fraction of sp³-hybridized carbons (Fsp3) is 0.133. The molecule has 2 aromatic carbocycles. The van der Waals surface area contributed by atoms with E-state index in [2.05, 4.69) is 5.32 Å². The monoisotopic (exact) mass is 276 g/mol. The second kappa shape index (κ2) is 5.79. The Labute approximate surface area is 115 Å². The Hall–Kier alpha value is -2.27. The van der Waals surface area contributed by atoms with Gasteiger partial charge in [0.05, 0.1) is 0 Å². The first-order valence-corrected chi connectivity index (χ1v) is 6.10. The van der Waals surface area contributed by atoms with Gasteiger partial charge in [-0.1, -0.05) is 18.2 Å². The maximum atomic E-state index is 13.5. The average Bonchev–Trinajstić information content (AvgIpc) is 2.39. The maximum Gasteiger partial charge on any atom is 0.261 e. The summed E-state index contributed by atoms with van der Waals surface area (Å²) in [6.45, 7) is 1.84. The van der Waals surface area contributed by atoms with Crippen LogP contribution in [0.15, 0.2) is 42.5 Å². The number of carbonyl (C=O) groups is 1. The molecule has 0 saturated carbocycles. The number of nitrogens with two attached hydrogens (primary N) is 1. The van der Waals surface area contributed by atoms with E-state index in [0.717, 1.165) is 17.7 Å². The topological polar surface area (TPSA) is 55.1 Å². The van der Waals surface area contributed by atoms with E-state index in [1.54, 1.807) is 24.3 Å². The van der Waals surface area contributed by atoms with Gasteiger partial charge in [0.25, 0.3) is 5.91 Å². The molecule has 0 aliphatic rings. The van der Waals surface area contributed by atoms with Crippen molar-refractivity contribution in [3.05, 3.63) is 65.2 Å². The Kier molecular flexibility index (Phi) is 4.10. The normalized spacial score (nSPS) is 12.0. The van der Waals surface area contributed by atoms with E-state index in [1.165, 1.54) is 6.07 Å². The molecule has 0 aliphatic carbocycles. The smallest absolute Gasteiger partial charge is 0.261 e. The third kappa shape index (κ3) is 3.00. The number of halogens is 2. The third-order valence-electron chi connectivity index (χ3n) is 2.88. The van der Waals surface area contributed by atoms with E-state index in [9.17, 15) is 13.6 Å². The van der Waals surface area contributed by atoms with Crippen LogP contribution in [0.3, 0.4) is 0 Å². The van der Waals surface area contributed by atoms with Crippen molar-refractivity contribution in [1.82, 2.24) is 0 Å². The predicted molar refractivity (Wildman–Crippen MR) is 73.4 cm³/mol. The Morgan fingerprint density at radius 1 is 1.10 bits per heavy atom. The summed E-state index contributed by atoms with van der Waals surface area (Å²) in [6, 6.07) is 9.93. The minimum absolute atomic E-state index is 0.122. The number of benzene rings is 2. The molecule has 0 aromatic heterocycles. The highest BCUT2D eigenvalue weighted by molar-refractivity contribution is 6.04. The first-order valence-electron chi connectivity index (χ1n) is 6.10. The molecule has 3 nitrogen and oxygen atoms in total. The molecular weight excluding hydrogens is 262 g/mol. The van der Waals surface area contributed by atoms with Crippen LogP contribution in [0.2, 0.25) is 0 Å². The van der Waals surface area contributed by atoms with E-state index in [4.69, 9.17) is 5.73 Å². The molecule has 0 spiro atoms. The molecule has 20 heavy (non-hydrogen) atoms. The van der Waals surface area contributed by atoms with Crippen molar-refractivity contribution in [2.24, 2.45) is 5.73 Å². The Morgan fingerprint density at radius 3 is 2.15 bits per heavy atom. The van der Waals surface area contributed by atoms with E-state index in [-0.39, 0.29) is 6.04 Å². The number of carbonyl (C=O) groups excluding carboxylic acids is 1. The number of hydrogen-bond acceptors (Lipinski definition) is 2. The summed E-state index contributed by atoms with van der Waals surface area (Å²) in [5.74, 6) is -2.61. The lowest BCUT2D eigenvalue weighted by atomic mass is 10.1. The highest BCUT2D eigenvalue weighted by Crippen LogP contribution is 2.17. The fourth-order valence-electron chi connectivity index (χ4n) is 1.78. The van der Waals surface area contributed by atoms with Gasteiger partial charge in [-0.25, -0.2) is 8.78 Å². The molecule has 0 bridgehead atoms. The maximum absolute atomic E-state index is 13.5. The van der Waals surface area contributed by atoms with Crippen molar-refractivity contribution in [3.63, 3.8) is 0 Å². The molecule has 0 fully saturated rings. The summed E-state index contributed by atoms with van der Waals surface area (Å²) in [6.07, 6.45) is 0. The molecule has 0 heterocycles. The SMILES string of the molecule is CC(N)c1ccc(NC(=O)c2c(F)cccc2F)cc1. The molecule has 0 aliphatic heterocycles. The third-order valence-corrected chi connectivity index (χ3v) is 2.88. The number of rotatable bonds is 3. The molecule has 5 heteroatoms. The zero-order chi connectivity index (χ0) is 14.7. The van der Waals surface area contributed by atoms with Gasteiger partial charge < -0.3 is 11.1 Å². The van der Waals surface area contributed by atoms with Crippen LogP contribution in [0, 0.1) is 11.6 Å². The van der Waals surface area contributed by atoms with Gasteiger partial charge in [0.15, 0.2) is 0 Å². The van der Waals surface area contributed by atoms with Gasteiger partial charge in [0.1, 0.15) is 17.2 Å². The summed E-state index contributed by atoms with van der Waals surface area (Å²) in [5, 5.41) is 2.45. The highest BCUT2D eigenvalue weighted by atomic mass is 19.1. The number of hydrogen-bond donors (Lipinski definition) is 2. The van der Waals surface area contributed by atoms with Crippen LogP contribution in [-0.4, -0.2) is 5.91 Å². The quantitative estimate of drug-likeness (QED) is 0.904. The standard InChI is InChI=1S/C15H14F2N2O/c1-9(18)10-5-7-11(8-6-10)19-15(20)14-12(16)3-2-4-13(14)17/h2-9H,18H2,1H3,(H,19,20). The molecule has 1 atom stereocenters. The van der Waals surface area contributed by atoms with Crippen LogP contribution < -0.4 is 11.1 Å².